The second-order valence-electron chi connectivity index (χ2n) is 7.43. The van der Waals surface area contributed by atoms with Gasteiger partial charge in [-0.2, -0.15) is 0 Å². The molecule has 32 heavy (non-hydrogen) atoms. The van der Waals surface area contributed by atoms with E-state index >= 15 is 0 Å². The van der Waals surface area contributed by atoms with Crippen molar-refractivity contribution in [3.05, 3.63) is 66.7 Å². The molecule has 1 heterocycles. The lowest BCUT2D eigenvalue weighted by atomic mass is 9.90. The Kier molecular flexibility index (Phi) is 10.2. The minimum absolute atomic E-state index is 0.0289. The number of pyridine rings is 1. The number of phenols is 1. The minimum atomic E-state index is -0.602. The summed E-state index contributed by atoms with van der Waals surface area (Å²) in [5.74, 6) is 0.375. The molecular formula is C27H34N2O3. The maximum absolute atomic E-state index is 10.4. The van der Waals surface area contributed by atoms with Gasteiger partial charge in [0.15, 0.2) is 0 Å². The number of aromatic nitrogens is 1. The first kappa shape index (κ1) is 24.9. The Morgan fingerprint density at radius 1 is 0.906 bits per heavy atom. The van der Waals surface area contributed by atoms with Crippen LogP contribution in [0.4, 0.5) is 5.82 Å². The van der Waals surface area contributed by atoms with E-state index in [1.807, 2.05) is 63.4 Å². The molecule has 3 N–H and O–H groups in total. The predicted molar refractivity (Wildman–Crippen MR) is 132 cm³/mol. The van der Waals surface area contributed by atoms with Crippen LogP contribution in [0.5, 0.6) is 5.75 Å². The van der Waals surface area contributed by atoms with Crippen molar-refractivity contribution in [3.63, 3.8) is 0 Å². The molecule has 0 atom stereocenters. The lowest BCUT2D eigenvalue weighted by Crippen LogP contribution is -2.16. The summed E-state index contributed by atoms with van der Waals surface area (Å²) in [6.07, 6.45) is 5.24. The monoisotopic (exact) mass is 434 g/mol. The van der Waals surface area contributed by atoms with Crippen molar-refractivity contribution in [2.24, 2.45) is 5.92 Å². The largest absolute Gasteiger partial charge is 0.507 e. The van der Waals surface area contributed by atoms with Gasteiger partial charge in [-0.05, 0) is 48.2 Å². The molecule has 0 spiro atoms. The van der Waals surface area contributed by atoms with Gasteiger partial charge in [0.1, 0.15) is 11.6 Å². The van der Waals surface area contributed by atoms with E-state index in [-0.39, 0.29) is 11.7 Å². The van der Waals surface area contributed by atoms with Crippen LogP contribution in [0.25, 0.3) is 22.4 Å². The zero-order valence-corrected chi connectivity index (χ0v) is 19.2. The van der Waals surface area contributed by atoms with Gasteiger partial charge in [0.05, 0.1) is 11.6 Å². The number of benzene rings is 2. The number of carbonyl (C=O) groups is 1. The Balaban J connectivity index is 0.000000277. The van der Waals surface area contributed by atoms with E-state index in [4.69, 9.17) is 5.11 Å². The smallest absolute Gasteiger partial charge is 0.306 e. The molecule has 0 bridgehead atoms. The molecule has 1 aromatic heterocycles. The third-order valence-electron chi connectivity index (χ3n) is 5.32. The third kappa shape index (κ3) is 7.12. The summed E-state index contributed by atoms with van der Waals surface area (Å²) < 4.78 is 0. The SMILES string of the molecule is CC.CNc1cc(-c2ccccc2)cc(-c2ccccc2O)n1.O=C(O)C1CCCCC1. The lowest BCUT2D eigenvalue weighted by molar-refractivity contribution is -0.142. The van der Waals surface area contributed by atoms with E-state index < -0.39 is 5.97 Å². The van der Waals surface area contributed by atoms with Crippen LogP contribution >= 0.6 is 0 Å². The topological polar surface area (TPSA) is 82.5 Å². The van der Waals surface area contributed by atoms with Crippen molar-refractivity contribution in [1.82, 2.24) is 4.98 Å². The van der Waals surface area contributed by atoms with E-state index in [1.165, 1.54) is 6.42 Å². The normalized spacial score (nSPS) is 13.1. The predicted octanol–water partition coefficient (Wildman–Crippen LogP) is 6.84. The molecule has 3 aromatic rings. The number of rotatable bonds is 4. The van der Waals surface area contributed by atoms with Gasteiger partial charge >= 0.3 is 5.97 Å². The number of hydrogen-bond acceptors (Lipinski definition) is 4. The van der Waals surface area contributed by atoms with Gasteiger partial charge in [-0.1, -0.05) is 75.6 Å². The molecule has 1 aliphatic rings. The zero-order valence-electron chi connectivity index (χ0n) is 19.2. The van der Waals surface area contributed by atoms with Crippen LogP contribution in [0.2, 0.25) is 0 Å². The van der Waals surface area contributed by atoms with E-state index in [0.717, 1.165) is 53.9 Å². The minimum Gasteiger partial charge on any atom is -0.507 e. The molecule has 4 rings (SSSR count). The fraction of sp³-hybridized carbons (Fsp3) is 0.333. The summed E-state index contributed by atoms with van der Waals surface area (Å²) in [6.45, 7) is 4.00. The van der Waals surface area contributed by atoms with Crippen molar-refractivity contribution in [3.8, 4) is 28.1 Å². The first-order chi connectivity index (χ1) is 15.6. The third-order valence-corrected chi connectivity index (χ3v) is 5.32. The maximum Gasteiger partial charge on any atom is 0.306 e. The molecular weight excluding hydrogens is 400 g/mol. The molecule has 0 saturated heterocycles. The highest BCUT2D eigenvalue weighted by Gasteiger charge is 2.19. The first-order valence-corrected chi connectivity index (χ1v) is 11.3. The molecule has 0 aliphatic heterocycles. The van der Waals surface area contributed by atoms with Crippen molar-refractivity contribution in [2.75, 3.05) is 12.4 Å². The van der Waals surface area contributed by atoms with Gasteiger partial charge < -0.3 is 15.5 Å². The molecule has 1 fully saturated rings. The van der Waals surface area contributed by atoms with Gasteiger partial charge in [-0.3, -0.25) is 4.79 Å². The molecule has 2 aromatic carbocycles. The Bertz CT molecular complexity index is 968. The summed E-state index contributed by atoms with van der Waals surface area (Å²) in [5.41, 5.74) is 3.66. The second-order valence-corrected chi connectivity index (χ2v) is 7.43. The fourth-order valence-electron chi connectivity index (χ4n) is 3.63. The number of phenolic OH excluding ortho intramolecular Hbond substituents is 1. The summed E-state index contributed by atoms with van der Waals surface area (Å²) in [6, 6.07) is 21.4. The van der Waals surface area contributed by atoms with Crippen LogP contribution in [0.15, 0.2) is 66.7 Å². The summed E-state index contributed by atoms with van der Waals surface area (Å²) in [7, 11) is 1.84. The van der Waals surface area contributed by atoms with Gasteiger partial charge in [-0.25, -0.2) is 4.98 Å². The van der Waals surface area contributed by atoms with E-state index in [0.29, 0.717) is 0 Å². The first-order valence-electron chi connectivity index (χ1n) is 11.3. The molecule has 0 amide bonds. The highest BCUT2D eigenvalue weighted by molar-refractivity contribution is 5.76. The number of nitrogens with zero attached hydrogens (tertiary/aromatic N) is 1. The average molecular weight is 435 g/mol. The fourth-order valence-corrected chi connectivity index (χ4v) is 3.63. The Morgan fingerprint density at radius 3 is 2.09 bits per heavy atom. The van der Waals surface area contributed by atoms with Crippen LogP contribution in [-0.2, 0) is 4.79 Å². The number of aliphatic carboxylic acids is 1. The molecule has 5 heteroatoms. The number of hydrogen-bond donors (Lipinski definition) is 3. The van der Waals surface area contributed by atoms with Crippen LogP contribution in [0.1, 0.15) is 46.0 Å². The van der Waals surface area contributed by atoms with Crippen molar-refractivity contribution in [2.45, 2.75) is 46.0 Å². The highest BCUT2D eigenvalue weighted by Crippen LogP contribution is 2.32. The van der Waals surface area contributed by atoms with E-state index in [2.05, 4.69) is 22.4 Å². The van der Waals surface area contributed by atoms with Gasteiger partial charge in [0, 0.05) is 12.6 Å². The Labute approximate surface area is 191 Å². The average Bonchev–Trinajstić information content (AvgIpc) is 2.86. The molecule has 170 valence electrons. The van der Waals surface area contributed by atoms with Crippen molar-refractivity contribution in [1.29, 1.82) is 0 Å². The van der Waals surface area contributed by atoms with Gasteiger partial charge in [0.25, 0.3) is 0 Å². The van der Waals surface area contributed by atoms with Crippen molar-refractivity contribution < 1.29 is 15.0 Å². The van der Waals surface area contributed by atoms with Crippen LogP contribution in [0, 0.1) is 5.92 Å². The number of nitrogens with one attached hydrogen (secondary N) is 1. The van der Waals surface area contributed by atoms with E-state index in [9.17, 15) is 9.90 Å². The Morgan fingerprint density at radius 2 is 1.53 bits per heavy atom. The van der Waals surface area contributed by atoms with Crippen molar-refractivity contribution >= 4 is 11.8 Å². The number of aromatic hydroxyl groups is 1. The second kappa shape index (κ2) is 13.2. The molecule has 1 aliphatic carbocycles. The zero-order chi connectivity index (χ0) is 23.3. The summed E-state index contributed by atoms with van der Waals surface area (Å²) >= 11 is 0. The van der Waals surface area contributed by atoms with Crippen LogP contribution < -0.4 is 5.32 Å². The number of carboxylic acids is 1. The summed E-state index contributed by atoms with van der Waals surface area (Å²) in [4.78, 5) is 14.9. The number of carboxylic acid groups (broad SMARTS) is 1. The van der Waals surface area contributed by atoms with Gasteiger partial charge in [0.2, 0.25) is 0 Å². The molecule has 0 unspecified atom stereocenters. The van der Waals surface area contributed by atoms with Crippen LogP contribution in [-0.4, -0.2) is 28.2 Å². The standard InChI is InChI=1S/C18H16N2O.C7H12O2.C2H6/c1-19-18-12-14(13-7-3-2-4-8-13)11-16(20-18)15-9-5-6-10-17(15)21;8-7(9)6-4-2-1-3-5-6;1-2/h2-12,21H,1H3,(H,19,20);6H,1-5H2,(H,8,9);1-2H3. The Hall–Kier alpha value is -3.34. The number of anilines is 1. The summed E-state index contributed by atoms with van der Waals surface area (Å²) in [5, 5.41) is 21.6. The quantitative estimate of drug-likeness (QED) is 0.419. The maximum atomic E-state index is 10.4. The highest BCUT2D eigenvalue weighted by atomic mass is 16.4. The lowest BCUT2D eigenvalue weighted by Gasteiger charge is -2.16. The molecule has 0 radical (unpaired) electrons. The molecule has 1 saturated carbocycles. The van der Waals surface area contributed by atoms with Crippen LogP contribution in [0.3, 0.4) is 0 Å². The molecule has 5 nitrogen and oxygen atoms in total. The van der Waals surface area contributed by atoms with E-state index in [1.54, 1.807) is 12.1 Å². The number of para-hydroxylation sites is 1. The van der Waals surface area contributed by atoms with Gasteiger partial charge in [-0.15, -0.1) is 0 Å².